The molecule has 0 bridgehead atoms. The molecule has 0 spiro atoms. The van der Waals surface area contributed by atoms with Gasteiger partial charge in [-0.25, -0.2) is 4.98 Å². The van der Waals surface area contributed by atoms with Crippen LogP contribution in [0.5, 0.6) is 0 Å². The second-order valence-electron chi connectivity index (χ2n) is 5.85. The number of aryl methyl sites for hydroxylation is 2. The summed E-state index contributed by atoms with van der Waals surface area (Å²) in [5.74, 6) is 0. The monoisotopic (exact) mass is 315 g/mol. The largest absolute Gasteiger partial charge is 0.247 e. The standard InChI is InChI=1S/C21H17NS/c1-14-8-10-17-18(16-6-4-3-5-7-16)13-20(22-19(17)12-14)21-11-9-15(2)23-21/h3-13H,1-2H3. The molecule has 2 heteroatoms. The zero-order valence-electron chi connectivity index (χ0n) is 13.2. The Labute approximate surface area is 140 Å². The Morgan fingerprint density at radius 2 is 1.65 bits per heavy atom. The van der Waals surface area contributed by atoms with Crippen molar-refractivity contribution in [3.05, 3.63) is 77.2 Å². The molecule has 0 aliphatic rings. The molecule has 0 saturated heterocycles. The molecule has 4 rings (SSSR count). The van der Waals surface area contributed by atoms with Gasteiger partial charge in [-0.05, 0) is 54.8 Å². The van der Waals surface area contributed by atoms with Crippen molar-refractivity contribution in [1.82, 2.24) is 4.98 Å². The Balaban J connectivity index is 2.03. The van der Waals surface area contributed by atoms with Gasteiger partial charge in [0.1, 0.15) is 0 Å². The fraction of sp³-hybridized carbons (Fsp3) is 0.0952. The van der Waals surface area contributed by atoms with Gasteiger partial charge in [-0.15, -0.1) is 11.3 Å². The van der Waals surface area contributed by atoms with Crippen LogP contribution >= 0.6 is 11.3 Å². The molecule has 2 aromatic carbocycles. The molecule has 4 aromatic rings. The molecule has 0 fully saturated rings. The van der Waals surface area contributed by atoms with E-state index in [9.17, 15) is 0 Å². The van der Waals surface area contributed by atoms with Crippen molar-refractivity contribution in [2.24, 2.45) is 0 Å². The van der Waals surface area contributed by atoms with Crippen molar-refractivity contribution >= 4 is 22.2 Å². The average Bonchev–Trinajstić information content (AvgIpc) is 3.01. The van der Waals surface area contributed by atoms with Crippen LogP contribution in [0.1, 0.15) is 10.4 Å². The molecule has 0 amide bonds. The fourth-order valence-corrected chi connectivity index (χ4v) is 3.72. The van der Waals surface area contributed by atoms with Crippen molar-refractivity contribution < 1.29 is 0 Å². The van der Waals surface area contributed by atoms with Crippen molar-refractivity contribution in [1.29, 1.82) is 0 Å². The number of hydrogen-bond donors (Lipinski definition) is 0. The number of aromatic nitrogens is 1. The van der Waals surface area contributed by atoms with Crippen LogP contribution in [0.3, 0.4) is 0 Å². The summed E-state index contributed by atoms with van der Waals surface area (Å²) < 4.78 is 0. The number of benzene rings is 2. The lowest BCUT2D eigenvalue weighted by molar-refractivity contribution is 1.39. The molecule has 1 nitrogen and oxygen atoms in total. The van der Waals surface area contributed by atoms with E-state index < -0.39 is 0 Å². The smallest absolute Gasteiger partial charge is 0.0815 e. The third kappa shape index (κ3) is 2.66. The number of hydrogen-bond acceptors (Lipinski definition) is 2. The number of thiophene rings is 1. The van der Waals surface area contributed by atoms with E-state index in [0.29, 0.717) is 0 Å². The zero-order valence-corrected chi connectivity index (χ0v) is 14.0. The maximum absolute atomic E-state index is 4.92. The molecule has 0 aliphatic heterocycles. The van der Waals surface area contributed by atoms with E-state index >= 15 is 0 Å². The Kier molecular flexibility index (Phi) is 3.47. The average molecular weight is 315 g/mol. The van der Waals surface area contributed by atoms with E-state index in [2.05, 4.69) is 80.6 Å². The van der Waals surface area contributed by atoms with Crippen molar-refractivity contribution in [3.8, 4) is 21.7 Å². The molecular formula is C21H17NS. The highest BCUT2D eigenvalue weighted by molar-refractivity contribution is 7.15. The van der Waals surface area contributed by atoms with Crippen LogP contribution in [0.15, 0.2) is 66.7 Å². The van der Waals surface area contributed by atoms with E-state index in [4.69, 9.17) is 4.98 Å². The third-order valence-corrected chi connectivity index (χ3v) is 5.07. The molecule has 0 aliphatic carbocycles. The minimum Gasteiger partial charge on any atom is -0.247 e. The Hall–Kier alpha value is -2.45. The molecule has 0 saturated carbocycles. The summed E-state index contributed by atoms with van der Waals surface area (Å²) in [5, 5.41) is 1.21. The van der Waals surface area contributed by atoms with E-state index in [1.165, 1.54) is 31.8 Å². The predicted octanol–water partition coefficient (Wildman–Crippen LogP) is 6.25. The van der Waals surface area contributed by atoms with Crippen LogP contribution in [-0.4, -0.2) is 4.98 Å². The van der Waals surface area contributed by atoms with Crippen molar-refractivity contribution in [2.75, 3.05) is 0 Å². The number of fused-ring (bicyclic) bond motifs is 1. The number of rotatable bonds is 2. The maximum Gasteiger partial charge on any atom is 0.0815 e. The first-order chi connectivity index (χ1) is 11.2. The Morgan fingerprint density at radius 1 is 0.826 bits per heavy atom. The summed E-state index contributed by atoms with van der Waals surface area (Å²) in [7, 11) is 0. The number of pyridine rings is 1. The van der Waals surface area contributed by atoms with Gasteiger partial charge in [0.25, 0.3) is 0 Å². The lowest BCUT2D eigenvalue weighted by atomic mass is 9.99. The van der Waals surface area contributed by atoms with Crippen LogP contribution in [0, 0.1) is 13.8 Å². The molecule has 0 unspecified atom stereocenters. The molecular weight excluding hydrogens is 298 g/mol. The lowest BCUT2D eigenvalue weighted by Crippen LogP contribution is -1.89. The van der Waals surface area contributed by atoms with Crippen molar-refractivity contribution in [2.45, 2.75) is 13.8 Å². The number of nitrogens with zero attached hydrogens (tertiary/aromatic N) is 1. The quantitative estimate of drug-likeness (QED) is 0.426. The second kappa shape index (κ2) is 5.64. The molecule has 2 heterocycles. The normalized spacial score (nSPS) is 11.0. The van der Waals surface area contributed by atoms with Gasteiger partial charge in [0.05, 0.1) is 16.1 Å². The van der Waals surface area contributed by atoms with Gasteiger partial charge < -0.3 is 0 Å². The topological polar surface area (TPSA) is 12.9 Å². The van der Waals surface area contributed by atoms with Gasteiger partial charge in [-0.3, -0.25) is 0 Å². The van der Waals surface area contributed by atoms with Crippen molar-refractivity contribution in [3.63, 3.8) is 0 Å². The fourth-order valence-electron chi connectivity index (χ4n) is 2.89. The van der Waals surface area contributed by atoms with Gasteiger partial charge in [0.2, 0.25) is 0 Å². The Bertz CT molecular complexity index is 983. The lowest BCUT2D eigenvalue weighted by Gasteiger charge is -2.10. The second-order valence-corrected chi connectivity index (χ2v) is 7.14. The van der Waals surface area contributed by atoms with Crippen LogP contribution in [-0.2, 0) is 0 Å². The van der Waals surface area contributed by atoms with E-state index in [0.717, 1.165) is 11.2 Å². The molecule has 112 valence electrons. The van der Waals surface area contributed by atoms with Gasteiger partial charge in [-0.1, -0.05) is 42.5 Å². The van der Waals surface area contributed by atoms with Crippen LogP contribution < -0.4 is 0 Å². The molecule has 2 aromatic heterocycles. The first-order valence-corrected chi connectivity index (χ1v) is 8.56. The maximum atomic E-state index is 4.92. The third-order valence-electron chi connectivity index (χ3n) is 4.04. The highest BCUT2D eigenvalue weighted by Crippen LogP contribution is 2.34. The van der Waals surface area contributed by atoms with Gasteiger partial charge in [0.15, 0.2) is 0 Å². The van der Waals surface area contributed by atoms with Crippen LogP contribution in [0.2, 0.25) is 0 Å². The SMILES string of the molecule is Cc1ccc2c(-c3ccccc3)cc(-c3ccc(C)s3)nc2c1. The summed E-state index contributed by atoms with van der Waals surface area (Å²) in [4.78, 5) is 7.45. The Morgan fingerprint density at radius 3 is 2.39 bits per heavy atom. The van der Waals surface area contributed by atoms with Crippen LogP contribution in [0.25, 0.3) is 32.6 Å². The minimum atomic E-state index is 1.06. The summed E-state index contributed by atoms with van der Waals surface area (Å²) in [5.41, 5.74) is 5.84. The molecule has 0 N–H and O–H groups in total. The predicted molar refractivity (Wildman–Crippen MR) is 100.0 cm³/mol. The van der Waals surface area contributed by atoms with E-state index in [1.807, 2.05) is 0 Å². The first-order valence-electron chi connectivity index (χ1n) is 7.74. The minimum absolute atomic E-state index is 1.06. The highest BCUT2D eigenvalue weighted by atomic mass is 32.1. The molecule has 23 heavy (non-hydrogen) atoms. The van der Waals surface area contributed by atoms with E-state index in [-0.39, 0.29) is 0 Å². The summed E-state index contributed by atoms with van der Waals surface area (Å²) in [6.45, 7) is 4.25. The molecule has 0 radical (unpaired) electrons. The van der Waals surface area contributed by atoms with Gasteiger partial charge >= 0.3 is 0 Å². The summed E-state index contributed by atoms with van der Waals surface area (Å²) in [6.07, 6.45) is 0. The van der Waals surface area contributed by atoms with Gasteiger partial charge in [0, 0.05) is 10.3 Å². The van der Waals surface area contributed by atoms with Crippen LogP contribution in [0.4, 0.5) is 0 Å². The zero-order chi connectivity index (χ0) is 15.8. The molecule has 0 atom stereocenters. The first kappa shape index (κ1) is 14.2. The highest BCUT2D eigenvalue weighted by Gasteiger charge is 2.10. The summed E-state index contributed by atoms with van der Waals surface area (Å²) >= 11 is 1.79. The van der Waals surface area contributed by atoms with Gasteiger partial charge in [-0.2, -0.15) is 0 Å². The van der Waals surface area contributed by atoms with E-state index in [1.54, 1.807) is 11.3 Å². The summed E-state index contributed by atoms with van der Waals surface area (Å²) in [6, 6.07) is 23.6.